The molecule has 0 amide bonds. The first-order valence-electron chi connectivity index (χ1n) is 3.52. The summed E-state index contributed by atoms with van der Waals surface area (Å²) in [5.74, 6) is 0.782. The Hall–Kier alpha value is -1.02. The first-order chi connectivity index (χ1) is 5.29. The highest BCUT2D eigenvalue weighted by molar-refractivity contribution is 5.28. The lowest BCUT2D eigenvalue weighted by molar-refractivity contribution is 0.300. The first-order valence-corrected chi connectivity index (χ1v) is 3.52. The van der Waals surface area contributed by atoms with Crippen molar-refractivity contribution < 1.29 is 4.74 Å². The van der Waals surface area contributed by atoms with Gasteiger partial charge in [-0.1, -0.05) is 18.7 Å². The van der Waals surface area contributed by atoms with Crippen molar-refractivity contribution in [2.75, 3.05) is 13.7 Å². The second kappa shape index (κ2) is 5.74. The molecule has 0 rings (SSSR count). The molecule has 0 bridgehead atoms. The van der Waals surface area contributed by atoms with Gasteiger partial charge in [-0.25, -0.2) is 0 Å². The maximum Gasteiger partial charge on any atom is 0.122 e. The van der Waals surface area contributed by atoms with Crippen LogP contribution in [0.3, 0.4) is 0 Å². The highest BCUT2D eigenvalue weighted by Gasteiger charge is 1.98. The molecule has 0 saturated carbocycles. The van der Waals surface area contributed by atoms with Crippen molar-refractivity contribution >= 4 is 0 Å². The zero-order valence-corrected chi connectivity index (χ0v) is 7.13. The van der Waals surface area contributed by atoms with E-state index in [4.69, 9.17) is 10.5 Å². The Morgan fingerprint density at radius 1 is 1.64 bits per heavy atom. The summed E-state index contributed by atoms with van der Waals surface area (Å²) in [6.07, 6.45) is 5.40. The zero-order chi connectivity index (χ0) is 8.69. The summed E-state index contributed by atoms with van der Waals surface area (Å²) in [6, 6.07) is 0. The van der Waals surface area contributed by atoms with Crippen LogP contribution in [0.2, 0.25) is 0 Å². The fourth-order valence-electron chi connectivity index (χ4n) is 0.774. The standard InChI is InChI=1S/C9H15NO/c1-4-6-9(11-3)8(5-2)7-10/h4-6H,1,7,10H2,2-3H3/b8-5-,9-6+. The summed E-state index contributed by atoms with van der Waals surface area (Å²) in [7, 11) is 1.62. The highest BCUT2D eigenvalue weighted by Crippen LogP contribution is 2.08. The van der Waals surface area contributed by atoms with Crippen LogP contribution in [-0.2, 0) is 4.74 Å². The second-order valence-corrected chi connectivity index (χ2v) is 1.99. The average Bonchev–Trinajstić information content (AvgIpc) is 2.05. The molecule has 0 radical (unpaired) electrons. The molecule has 0 atom stereocenters. The van der Waals surface area contributed by atoms with Gasteiger partial charge in [0, 0.05) is 12.1 Å². The molecule has 0 saturated heterocycles. The molecule has 0 unspecified atom stereocenters. The van der Waals surface area contributed by atoms with Crippen LogP contribution in [0.25, 0.3) is 0 Å². The molecule has 0 aromatic carbocycles. The third kappa shape index (κ3) is 3.05. The Bertz CT molecular complexity index is 180. The van der Waals surface area contributed by atoms with E-state index in [1.165, 1.54) is 0 Å². The molecule has 11 heavy (non-hydrogen) atoms. The van der Waals surface area contributed by atoms with E-state index in [0.717, 1.165) is 11.3 Å². The van der Waals surface area contributed by atoms with Gasteiger partial charge in [0.15, 0.2) is 0 Å². The molecule has 0 aliphatic carbocycles. The minimum absolute atomic E-state index is 0.490. The lowest BCUT2D eigenvalue weighted by Gasteiger charge is -2.06. The van der Waals surface area contributed by atoms with Gasteiger partial charge in [-0.2, -0.15) is 0 Å². The predicted octanol–water partition coefficient (Wildman–Crippen LogP) is 1.61. The summed E-state index contributed by atoms with van der Waals surface area (Å²) in [5, 5.41) is 0. The van der Waals surface area contributed by atoms with Crippen molar-refractivity contribution in [3.05, 3.63) is 36.1 Å². The number of rotatable bonds is 4. The van der Waals surface area contributed by atoms with Crippen molar-refractivity contribution in [2.24, 2.45) is 5.73 Å². The summed E-state index contributed by atoms with van der Waals surface area (Å²) in [4.78, 5) is 0. The molecule has 0 aliphatic rings. The van der Waals surface area contributed by atoms with Gasteiger partial charge in [0.05, 0.1) is 7.11 Å². The molecular formula is C9H15NO. The van der Waals surface area contributed by atoms with E-state index in [1.54, 1.807) is 19.3 Å². The molecule has 62 valence electrons. The van der Waals surface area contributed by atoms with Crippen molar-refractivity contribution in [1.29, 1.82) is 0 Å². The van der Waals surface area contributed by atoms with E-state index < -0.39 is 0 Å². The van der Waals surface area contributed by atoms with Crippen LogP contribution in [0, 0.1) is 0 Å². The third-order valence-electron chi connectivity index (χ3n) is 1.37. The van der Waals surface area contributed by atoms with Crippen molar-refractivity contribution in [1.82, 2.24) is 0 Å². The van der Waals surface area contributed by atoms with Gasteiger partial charge in [0.25, 0.3) is 0 Å². The SMILES string of the molecule is C=C/C=C(OC)\C(=C/C)CN. The molecule has 0 aromatic heterocycles. The van der Waals surface area contributed by atoms with E-state index in [1.807, 2.05) is 13.0 Å². The molecule has 2 heteroatoms. The molecule has 2 N–H and O–H groups in total. The average molecular weight is 153 g/mol. The van der Waals surface area contributed by atoms with Crippen LogP contribution in [0.15, 0.2) is 36.1 Å². The zero-order valence-electron chi connectivity index (χ0n) is 7.13. The van der Waals surface area contributed by atoms with Gasteiger partial charge in [0.1, 0.15) is 5.76 Å². The summed E-state index contributed by atoms with van der Waals surface area (Å²) in [5.41, 5.74) is 6.46. The van der Waals surface area contributed by atoms with E-state index in [9.17, 15) is 0 Å². The molecule has 0 heterocycles. The van der Waals surface area contributed by atoms with Crippen molar-refractivity contribution in [3.63, 3.8) is 0 Å². The largest absolute Gasteiger partial charge is 0.496 e. The van der Waals surface area contributed by atoms with Gasteiger partial charge in [0.2, 0.25) is 0 Å². The second-order valence-electron chi connectivity index (χ2n) is 1.99. The van der Waals surface area contributed by atoms with Crippen LogP contribution in [0.4, 0.5) is 0 Å². The molecule has 0 aliphatic heterocycles. The van der Waals surface area contributed by atoms with Gasteiger partial charge in [-0.05, 0) is 13.0 Å². The lowest BCUT2D eigenvalue weighted by atomic mass is 10.2. The van der Waals surface area contributed by atoms with Gasteiger partial charge in [-0.15, -0.1) is 0 Å². The maximum absolute atomic E-state index is 5.47. The van der Waals surface area contributed by atoms with Crippen LogP contribution >= 0.6 is 0 Å². The molecule has 2 nitrogen and oxygen atoms in total. The van der Waals surface area contributed by atoms with Crippen molar-refractivity contribution in [2.45, 2.75) is 6.92 Å². The maximum atomic E-state index is 5.47. The van der Waals surface area contributed by atoms with E-state index in [2.05, 4.69) is 6.58 Å². The highest BCUT2D eigenvalue weighted by atomic mass is 16.5. The number of ether oxygens (including phenoxy) is 1. The fraction of sp³-hybridized carbons (Fsp3) is 0.333. The normalized spacial score (nSPS) is 13.0. The van der Waals surface area contributed by atoms with Gasteiger partial charge >= 0.3 is 0 Å². The summed E-state index contributed by atoms with van der Waals surface area (Å²) >= 11 is 0. The Kier molecular flexibility index (Phi) is 5.21. The van der Waals surface area contributed by atoms with E-state index >= 15 is 0 Å². The van der Waals surface area contributed by atoms with E-state index in [-0.39, 0.29) is 0 Å². The fourth-order valence-corrected chi connectivity index (χ4v) is 0.774. The lowest BCUT2D eigenvalue weighted by Crippen LogP contribution is -2.06. The number of nitrogens with two attached hydrogens (primary N) is 1. The quantitative estimate of drug-likeness (QED) is 0.492. The van der Waals surface area contributed by atoms with Crippen LogP contribution in [-0.4, -0.2) is 13.7 Å². The first kappa shape index (κ1) is 9.98. The van der Waals surface area contributed by atoms with Crippen molar-refractivity contribution in [3.8, 4) is 0 Å². The van der Waals surface area contributed by atoms with Crippen LogP contribution < -0.4 is 5.73 Å². The monoisotopic (exact) mass is 153 g/mol. The Morgan fingerprint density at radius 3 is 2.55 bits per heavy atom. The minimum atomic E-state index is 0.490. The number of hydrogen-bond acceptors (Lipinski definition) is 2. The van der Waals surface area contributed by atoms with Gasteiger partial charge < -0.3 is 10.5 Å². The summed E-state index contributed by atoms with van der Waals surface area (Å²) < 4.78 is 5.08. The Balaban J connectivity index is 4.47. The number of hydrogen-bond donors (Lipinski definition) is 1. The molecular weight excluding hydrogens is 138 g/mol. The predicted molar refractivity (Wildman–Crippen MR) is 48.1 cm³/mol. The Morgan fingerprint density at radius 2 is 2.27 bits per heavy atom. The molecule has 0 aromatic rings. The number of methoxy groups -OCH3 is 1. The minimum Gasteiger partial charge on any atom is -0.496 e. The van der Waals surface area contributed by atoms with Crippen LogP contribution in [0.1, 0.15) is 6.92 Å². The number of allylic oxidation sites excluding steroid dienone is 3. The topological polar surface area (TPSA) is 35.2 Å². The molecule has 0 fully saturated rings. The Labute approximate surface area is 68.0 Å². The molecule has 0 spiro atoms. The third-order valence-corrected chi connectivity index (χ3v) is 1.37. The summed E-state index contributed by atoms with van der Waals surface area (Å²) in [6.45, 7) is 5.99. The van der Waals surface area contributed by atoms with E-state index in [0.29, 0.717) is 6.54 Å². The van der Waals surface area contributed by atoms with Crippen LogP contribution in [0.5, 0.6) is 0 Å². The smallest absolute Gasteiger partial charge is 0.122 e. The van der Waals surface area contributed by atoms with Gasteiger partial charge in [-0.3, -0.25) is 0 Å².